The second kappa shape index (κ2) is 18.0. The van der Waals surface area contributed by atoms with Gasteiger partial charge in [-0.15, -0.1) is 0 Å². The Balaban J connectivity index is 2.40. The van der Waals surface area contributed by atoms with Crippen LogP contribution in [0, 0.1) is 0 Å². The van der Waals surface area contributed by atoms with Crippen LogP contribution in [0.5, 0.6) is 0 Å². The van der Waals surface area contributed by atoms with Crippen LogP contribution in [0.2, 0.25) is 118 Å². The van der Waals surface area contributed by atoms with Gasteiger partial charge in [0, 0.05) is 0 Å². The third-order valence-corrected chi connectivity index (χ3v) is 44.9. The summed E-state index contributed by atoms with van der Waals surface area (Å²) in [6, 6.07) is 32.1. The van der Waals surface area contributed by atoms with Gasteiger partial charge in [-0.3, -0.25) is 0 Å². The molecule has 0 saturated carbocycles. The van der Waals surface area contributed by atoms with Crippen LogP contribution in [0.25, 0.3) is 22.3 Å². The molecule has 0 amide bonds. The zero-order valence-corrected chi connectivity index (χ0v) is 50.2. The Morgan fingerprint density at radius 2 is 0.621 bits per heavy atom. The van der Waals surface area contributed by atoms with E-state index in [4.69, 9.17) is 0 Å². The van der Waals surface area contributed by atoms with Crippen LogP contribution >= 0.6 is 0 Å². The molecule has 0 nitrogen and oxygen atoms in total. The van der Waals surface area contributed by atoms with E-state index in [1.54, 1.807) is 9.14 Å². The molecule has 4 aromatic rings. The monoisotopic (exact) mass is 984 g/mol. The predicted molar refractivity (Wildman–Crippen MR) is 285 cm³/mol. The summed E-state index contributed by atoms with van der Waals surface area (Å²) in [5.74, 6) is 0.913. The van der Waals surface area contributed by atoms with E-state index in [-0.39, 0.29) is 0 Å². The molecule has 0 aliphatic carbocycles. The zero-order valence-electron chi connectivity index (χ0n) is 41.4. The van der Waals surface area contributed by atoms with E-state index in [0.717, 1.165) is 5.16 Å². The van der Waals surface area contributed by atoms with Gasteiger partial charge in [0.25, 0.3) is 0 Å². The van der Waals surface area contributed by atoms with Crippen molar-refractivity contribution in [1.82, 2.24) is 0 Å². The molecule has 0 fully saturated rings. The summed E-state index contributed by atoms with van der Waals surface area (Å²) < 4.78 is 3.59. The van der Waals surface area contributed by atoms with Crippen LogP contribution in [-0.2, 0) is 0 Å². The Morgan fingerprint density at radius 1 is 0.328 bits per heavy atom. The second-order valence-corrected chi connectivity index (χ2v) is 62.1. The first kappa shape index (κ1) is 49.6. The summed E-state index contributed by atoms with van der Waals surface area (Å²) in [6.45, 7) is 58.3. The van der Waals surface area contributed by atoms with Crippen molar-refractivity contribution in [1.29, 1.82) is 0 Å². The third-order valence-electron chi connectivity index (χ3n) is 12.4. The summed E-state index contributed by atoms with van der Waals surface area (Å²) in [7, 11) is -9.86. The first-order chi connectivity index (χ1) is 26.3. The Kier molecular flexibility index (Phi) is 15.4. The van der Waals surface area contributed by atoms with Crippen LogP contribution in [0.1, 0.15) is 82.8 Å². The Hall–Kier alpha value is -1.02. The van der Waals surface area contributed by atoms with Crippen molar-refractivity contribution in [2.24, 2.45) is 0 Å². The molecule has 0 heterocycles. The third kappa shape index (κ3) is 11.3. The standard InChI is InChI=1S/C27H59Si6.C24H25.Sn/c1-28(2,3)25(29(4,5)6)22-19-23(26(30(7,8)9)31(10,11)12)21-24(20-22)27(32(13,14)15)33(16,17)18;1-17(2)21-12-5-7-14-23(21)19-10-9-11-20(16-19)24-15-8-6-13-22(24)18(3)4;/h19-20,25-27H,1-18H3;5-15,17-18H,1-4H3;. The van der Waals surface area contributed by atoms with Gasteiger partial charge >= 0.3 is 379 Å². The number of rotatable bonds is 15. The van der Waals surface area contributed by atoms with Gasteiger partial charge in [-0.05, 0) is 0 Å². The molecule has 0 saturated heterocycles. The minimum atomic E-state index is -1.68. The summed E-state index contributed by atoms with van der Waals surface area (Å²) in [4.78, 5) is 0. The molecule has 7 heteroatoms. The van der Waals surface area contributed by atoms with Crippen LogP contribution < -0.4 is 7.16 Å². The summed E-state index contributed by atoms with van der Waals surface area (Å²) in [6.07, 6.45) is 0. The van der Waals surface area contributed by atoms with Gasteiger partial charge < -0.3 is 0 Å². The fourth-order valence-corrected chi connectivity index (χ4v) is 56.6. The molecule has 0 aliphatic rings. The molecule has 0 spiro atoms. The van der Waals surface area contributed by atoms with E-state index >= 15 is 0 Å². The van der Waals surface area contributed by atoms with E-state index < -0.39 is 69.6 Å². The number of hydrogen-bond acceptors (Lipinski definition) is 0. The zero-order chi connectivity index (χ0) is 44.1. The van der Waals surface area contributed by atoms with Crippen molar-refractivity contribution in [2.75, 3.05) is 0 Å². The van der Waals surface area contributed by atoms with Crippen LogP contribution in [0.4, 0.5) is 0 Å². The van der Waals surface area contributed by atoms with Crippen molar-refractivity contribution in [3.8, 4) is 22.3 Å². The Bertz CT molecular complexity index is 1870. The minimum absolute atomic E-state index is 0.456. The van der Waals surface area contributed by atoms with Crippen molar-refractivity contribution in [2.45, 2.75) is 173 Å². The van der Waals surface area contributed by atoms with E-state index in [0.29, 0.717) is 22.2 Å². The van der Waals surface area contributed by atoms with Gasteiger partial charge in [-0.1, -0.05) is 0 Å². The summed E-state index contributed by atoms with van der Waals surface area (Å²) in [5.41, 5.74) is 14.3. The van der Waals surface area contributed by atoms with Gasteiger partial charge in [-0.2, -0.15) is 0 Å². The normalized spacial score (nSPS) is 13.8. The molecule has 0 bridgehead atoms. The Morgan fingerprint density at radius 3 is 0.914 bits per heavy atom. The summed E-state index contributed by atoms with van der Waals surface area (Å²) >= 11 is -1.48. The number of hydrogen-bond donors (Lipinski definition) is 0. The van der Waals surface area contributed by atoms with Gasteiger partial charge in [0.05, 0.1) is 0 Å². The van der Waals surface area contributed by atoms with E-state index in [9.17, 15) is 0 Å². The maximum atomic E-state index is 2.94. The average molecular weight is 984 g/mol. The maximum absolute atomic E-state index is 2.94. The fraction of sp³-hybridized carbons (Fsp3) is 0.529. The van der Waals surface area contributed by atoms with Crippen molar-refractivity contribution in [3.63, 3.8) is 0 Å². The van der Waals surface area contributed by atoms with Crippen molar-refractivity contribution < 1.29 is 0 Å². The molecule has 0 aromatic heterocycles. The predicted octanol–water partition coefficient (Wildman–Crippen LogP) is 15.4. The van der Waals surface area contributed by atoms with Crippen molar-refractivity contribution in [3.05, 3.63) is 107 Å². The second-order valence-electron chi connectivity index (χ2n) is 24.9. The molecular formula is C51H84Si6Sn. The number of benzene rings is 4. The first-order valence-electron chi connectivity index (χ1n) is 22.5. The molecule has 4 aromatic carbocycles. The topological polar surface area (TPSA) is 0 Å². The van der Waals surface area contributed by atoms with E-state index in [2.05, 4.69) is 224 Å². The van der Waals surface area contributed by atoms with Crippen LogP contribution in [0.15, 0.2) is 78.9 Å². The van der Waals surface area contributed by atoms with Crippen molar-refractivity contribution >= 4 is 76.7 Å². The van der Waals surface area contributed by atoms with Gasteiger partial charge in [0.2, 0.25) is 0 Å². The molecular weight excluding hydrogens is 900 g/mol. The molecule has 0 atom stereocenters. The molecule has 0 unspecified atom stereocenters. The first-order valence-corrected chi connectivity index (χ1v) is 46.9. The SMILES string of the molecule is CC(C)c1ccccc1-c1cccc(-c2ccccc2C(C)C)[c]1[Sn][c]1c(C([Si](C)(C)C)[Si](C)(C)C)cc(C([Si](C)(C)C)[Si](C)(C)C)cc1C([Si](C)(C)C)[Si](C)(C)C. The molecule has 58 heavy (non-hydrogen) atoms. The average Bonchev–Trinajstić information content (AvgIpc) is 3.02. The van der Waals surface area contributed by atoms with E-state index in [1.165, 1.54) is 33.4 Å². The molecule has 4 rings (SSSR count). The quantitative estimate of drug-likeness (QED) is 0.104. The van der Waals surface area contributed by atoms with E-state index in [1.807, 2.05) is 14.7 Å². The molecule has 0 N–H and O–H groups in total. The Labute approximate surface area is 375 Å². The molecule has 0 aliphatic heterocycles. The molecule has 2 radical (unpaired) electrons. The van der Waals surface area contributed by atoms with Gasteiger partial charge in [-0.25, -0.2) is 0 Å². The van der Waals surface area contributed by atoms with Crippen LogP contribution in [-0.4, -0.2) is 69.6 Å². The van der Waals surface area contributed by atoms with Crippen LogP contribution in [0.3, 0.4) is 0 Å². The molecule has 316 valence electrons. The summed E-state index contributed by atoms with van der Waals surface area (Å²) in [5, 5.41) is 2.12. The fourth-order valence-electron chi connectivity index (χ4n) is 12.0. The van der Waals surface area contributed by atoms with Gasteiger partial charge in [0.1, 0.15) is 0 Å². The van der Waals surface area contributed by atoms with Gasteiger partial charge in [0.15, 0.2) is 0 Å².